The third-order valence-corrected chi connectivity index (χ3v) is 1.51. The Morgan fingerprint density at radius 1 is 1.77 bits per heavy atom. The number of hydrogen-bond acceptors (Lipinski definition) is 3. The number of aryl methyl sites for hydroxylation is 1. The van der Waals surface area contributed by atoms with E-state index in [1.54, 1.807) is 10.9 Å². The number of nitrogens with one attached hydrogen (secondary N) is 1. The second-order valence-electron chi connectivity index (χ2n) is 2.73. The molecule has 0 radical (unpaired) electrons. The minimum absolute atomic E-state index is 0.0378. The number of carbonyl (C=O) groups is 1. The van der Waals surface area contributed by atoms with Gasteiger partial charge in [0.2, 0.25) is 5.91 Å². The van der Waals surface area contributed by atoms with Crippen LogP contribution >= 0.6 is 0 Å². The maximum atomic E-state index is 11.1. The highest BCUT2D eigenvalue weighted by atomic mass is 16.3. The summed E-state index contributed by atoms with van der Waals surface area (Å²) in [6, 6.07) is 1.83. The van der Waals surface area contributed by atoms with Crippen molar-refractivity contribution >= 4 is 5.91 Å². The maximum Gasteiger partial charge on any atom is 0.241 e. The Balaban J connectivity index is 2.36. The number of aliphatic hydroxyl groups excluding tert-OH is 1. The standard InChI is InChI=1S/C8H13N3O2/c1-7-2-4-11(10-7)6-8(13)9-3-5-12/h2,4,12H,3,5-6H2,1H3,(H,9,13). The molecule has 1 aromatic rings. The second kappa shape index (κ2) is 4.61. The number of amides is 1. The summed E-state index contributed by atoms with van der Waals surface area (Å²) in [5.41, 5.74) is 0.884. The van der Waals surface area contributed by atoms with Crippen molar-refractivity contribution in [1.29, 1.82) is 0 Å². The van der Waals surface area contributed by atoms with E-state index in [0.29, 0.717) is 6.54 Å². The molecule has 1 amide bonds. The predicted molar refractivity (Wildman–Crippen MR) is 47.1 cm³/mol. The topological polar surface area (TPSA) is 67.2 Å². The number of nitrogens with zero attached hydrogens (tertiary/aromatic N) is 2. The van der Waals surface area contributed by atoms with Gasteiger partial charge in [0.15, 0.2) is 0 Å². The summed E-state index contributed by atoms with van der Waals surface area (Å²) < 4.78 is 1.56. The molecule has 0 saturated heterocycles. The molecule has 0 aliphatic carbocycles. The largest absolute Gasteiger partial charge is 0.395 e. The zero-order valence-corrected chi connectivity index (χ0v) is 7.53. The SMILES string of the molecule is Cc1ccn(CC(=O)NCCO)n1. The molecule has 0 atom stereocenters. The summed E-state index contributed by atoms with van der Waals surface area (Å²) in [5.74, 6) is -0.142. The van der Waals surface area contributed by atoms with Gasteiger partial charge in [-0.05, 0) is 13.0 Å². The Morgan fingerprint density at radius 3 is 3.08 bits per heavy atom. The van der Waals surface area contributed by atoms with E-state index in [1.807, 2.05) is 13.0 Å². The normalized spacial score (nSPS) is 10.0. The molecule has 2 N–H and O–H groups in total. The van der Waals surface area contributed by atoms with Crippen molar-refractivity contribution in [3.63, 3.8) is 0 Å². The smallest absolute Gasteiger partial charge is 0.241 e. The molecule has 13 heavy (non-hydrogen) atoms. The van der Waals surface area contributed by atoms with Crippen molar-refractivity contribution in [2.75, 3.05) is 13.2 Å². The van der Waals surface area contributed by atoms with Gasteiger partial charge in [0, 0.05) is 12.7 Å². The minimum atomic E-state index is -0.142. The lowest BCUT2D eigenvalue weighted by Crippen LogP contribution is -2.30. The molecular weight excluding hydrogens is 170 g/mol. The van der Waals surface area contributed by atoms with Gasteiger partial charge in [0.1, 0.15) is 6.54 Å². The number of aromatic nitrogens is 2. The monoisotopic (exact) mass is 183 g/mol. The van der Waals surface area contributed by atoms with Crippen molar-refractivity contribution < 1.29 is 9.90 Å². The van der Waals surface area contributed by atoms with Gasteiger partial charge in [-0.15, -0.1) is 0 Å². The average Bonchev–Trinajstić information content (AvgIpc) is 2.48. The van der Waals surface area contributed by atoms with Crippen LogP contribution in [0, 0.1) is 6.92 Å². The van der Waals surface area contributed by atoms with Gasteiger partial charge < -0.3 is 10.4 Å². The third-order valence-electron chi connectivity index (χ3n) is 1.51. The van der Waals surface area contributed by atoms with Gasteiger partial charge in [-0.3, -0.25) is 9.48 Å². The van der Waals surface area contributed by atoms with Crippen LogP contribution in [-0.2, 0) is 11.3 Å². The molecule has 0 fully saturated rings. The van der Waals surface area contributed by atoms with E-state index in [1.165, 1.54) is 0 Å². The van der Waals surface area contributed by atoms with Gasteiger partial charge in [-0.1, -0.05) is 0 Å². The van der Waals surface area contributed by atoms with E-state index < -0.39 is 0 Å². The van der Waals surface area contributed by atoms with Gasteiger partial charge >= 0.3 is 0 Å². The Morgan fingerprint density at radius 2 is 2.54 bits per heavy atom. The first-order chi connectivity index (χ1) is 6.22. The number of carbonyl (C=O) groups excluding carboxylic acids is 1. The first-order valence-electron chi connectivity index (χ1n) is 4.10. The summed E-state index contributed by atoms with van der Waals surface area (Å²) in [6.07, 6.45) is 1.74. The van der Waals surface area contributed by atoms with Crippen LogP contribution in [0.4, 0.5) is 0 Å². The maximum absolute atomic E-state index is 11.1. The minimum Gasteiger partial charge on any atom is -0.395 e. The molecule has 0 unspecified atom stereocenters. The molecule has 0 aromatic carbocycles. The first-order valence-corrected chi connectivity index (χ1v) is 4.10. The molecule has 0 spiro atoms. The molecule has 0 aliphatic rings. The fourth-order valence-electron chi connectivity index (χ4n) is 0.950. The van der Waals surface area contributed by atoms with Crippen LogP contribution in [0.25, 0.3) is 0 Å². The summed E-state index contributed by atoms with van der Waals surface area (Å²) in [5, 5.41) is 15.0. The molecule has 1 heterocycles. The summed E-state index contributed by atoms with van der Waals surface area (Å²) in [7, 11) is 0. The lowest BCUT2D eigenvalue weighted by atomic mass is 10.5. The van der Waals surface area contributed by atoms with Gasteiger partial charge in [0.25, 0.3) is 0 Å². The van der Waals surface area contributed by atoms with E-state index in [9.17, 15) is 4.79 Å². The van der Waals surface area contributed by atoms with Crippen LogP contribution in [0.3, 0.4) is 0 Å². The second-order valence-corrected chi connectivity index (χ2v) is 2.73. The number of hydrogen-bond donors (Lipinski definition) is 2. The zero-order valence-electron chi connectivity index (χ0n) is 7.53. The van der Waals surface area contributed by atoms with E-state index in [0.717, 1.165) is 5.69 Å². The Labute approximate surface area is 76.4 Å². The van der Waals surface area contributed by atoms with Gasteiger partial charge in [-0.25, -0.2) is 0 Å². The molecular formula is C8H13N3O2. The highest BCUT2D eigenvalue weighted by Crippen LogP contribution is 1.91. The molecule has 0 bridgehead atoms. The first kappa shape index (κ1) is 9.73. The molecule has 72 valence electrons. The molecule has 5 nitrogen and oxygen atoms in total. The van der Waals surface area contributed by atoms with E-state index >= 15 is 0 Å². The average molecular weight is 183 g/mol. The van der Waals surface area contributed by atoms with E-state index in [4.69, 9.17) is 5.11 Å². The predicted octanol–water partition coefficient (Wildman–Crippen LogP) is -0.700. The fourth-order valence-corrected chi connectivity index (χ4v) is 0.950. The van der Waals surface area contributed by atoms with Crippen molar-refractivity contribution in [3.05, 3.63) is 18.0 Å². The fraction of sp³-hybridized carbons (Fsp3) is 0.500. The summed E-state index contributed by atoms with van der Waals surface area (Å²) >= 11 is 0. The highest BCUT2D eigenvalue weighted by molar-refractivity contribution is 5.75. The number of aliphatic hydroxyl groups is 1. The lowest BCUT2D eigenvalue weighted by Gasteiger charge is -2.02. The van der Waals surface area contributed by atoms with Crippen LogP contribution in [-0.4, -0.2) is 33.9 Å². The van der Waals surface area contributed by atoms with Crippen molar-refractivity contribution in [2.45, 2.75) is 13.5 Å². The summed E-state index contributed by atoms with van der Waals surface area (Å²) in [4.78, 5) is 11.1. The van der Waals surface area contributed by atoms with Gasteiger partial charge in [0.05, 0.1) is 12.3 Å². The Hall–Kier alpha value is -1.36. The molecule has 1 aromatic heterocycles. The third kappa shape index (κ3) is 3.25. The quantitative estimate of drug-likeness (QED) is 0.648. The van der Waals surface area contributed by atoms with Crippen molar-refractivity contribution in [2.24, 2.45) is 0 Å². The van der Waals surface area contributed by atoms with Crippen LogP contribution in [0.5, 0.6) is 0 Å². The van der Waals surface area contributed by atoms with E-state index in [-0.39, 0.29) is 19.1 Å². The molecule has 5 heteroatoms. The van der Waals surface area contributed by atoms with Crippen LogP contribution < -0.4 is 5.32 Å². The molecule has 1 rings (SSSR count). The van der Waals surface area contributed by atoms with Crippen molar-refractivity contribution in [1.82, 2.24) is 15.1 Å². The lowest BCUT2D eigenvalue weighted by molar-refractivity contribution is -0.122. The van der Waals surface area contributed by atoms with Crippen LogP contribution in [0.15, 0.2) is 12.3 Å². The molecule has 0 aliphatic heterocycles. The van der Waals surface area contributed by atoms with Crippen molar-refractivity contribution in [3.8, 4) is 0 Å². The zero-order chi connectivity index (χ0) is 9.68. The van der Waals surface area contributed by atoms with Gasteiger partial charge in [-0.2, -0.15) is 5.10 Å². The highest BCUT2D eigenvalue weighted by Gasteiger charge is 2.01. The Bertz CT molecular complexity index is 283. The van der Waals surface area contributed by atoms with Crippen LogP contribution in [0.1, 0.15) is 5.69 Å². The Kier molecular flexibility index (Phi) is 3.45. The van der Waals surface area contributed by atoms with E-state index in [2.05, 4.69) is 10.4 Å². The summed E-state index contributed by atoms with van der Waals surface area (Å²) in [6.45, 7) is 2.32. The van der Waals surface area contributed by atoms with Crippen LogP contribution in [0.2, 0.25) is 0 Å². The molecule has 0 saturated carbocycles. The number of rotatable bonds is 4.